The molecule has 0 spiro atoms. The number of piperidine rings is 1. The van der Waals surface area contributed by atoms with Gasteiger partial charge in [-0.15, -0.1) is 0 Å². The molecule has 2 fully saturated rings. The standard InChI is InChI=1S/C20H25N3O3/c1-2-26-19-21-10-16(11-22-19)20(24)8-17-13-25-14-18(9-20)23(17)12-15-6-4-3-5-7-15/h3-7,10-11,17-18,24H,2,8-9,12-14H2,1H3. The Balaban J connectivity index is 1.53. The summed E-state index contributed by atoms with van der Waals surface area (Å²) in [4.78, 5) is 10.9. The lowest BCUT2D eigenvalue weighted by atomic mass is 9.77. The van der Waals surface area contributed by atoms with E-state index in [1.807, 2.05) is 13.0 Å². The van der Waals surface area contributed by atoms with Crippen LogP contribution in [-0.4, -0.2) is 51.9 Å². The summed E-state index contributed by atoms with van der Waals surface area (Å²) in [6, 6.07) is 11.2. The summed E-state index contributed by atoms with van der Waals surface area (Å²) in [7, 11) is 0. The Morgan fingerprint density at radius 3 is 2.42 bits per heavy atom. The number of benzene rings is 1. The van der Waals surface area contributed by atoms with Crippen molar-refractivity contribution in [3.8, 4) is 6.01 Å². The SMILES string of the molecule is CCOc1ncc(C2(O)CC3COCC(C2)N3Cc2ccccc2)cn1. The van der Waals surface area contributed by atoms with Crippen molar-refractivity contribution in [1.82, 2.24) is 14.9 Å². The summed E-state index contributed by atoms with van der Waals surface area (Å²) in [6.07, 6.45) is 4.63. The predicted octanol–water partition coefficient (Wildman–Crippen LogP) is 2.13. The van der Waals surface area contributed by atoms with Crippen LogP contribution < -0.4 is 4.74 Å². The molecule has 0 radical (unpaired) electrons. The van der Waals surface area contributed by atoms with Crippen molar-refractivity contribution in [3.05, 3.63) is 53.9 Å². The predicted molar refractivity (Wildman–Crippen MR) is 96.7 cm³/mol. The first-order valence-electron chi connectivity index (χ1n) is 9.23. The number of morpholine rings is 1. The number of aromatic nitrogens is 2. The van der Waals surface area contributed by atoms with E-state index < -0.39 is 5.60 Å². The van der Waals surface area contributed by atoms with Crippen LogP contribution in [0.3, 0.4) is 0 Å². The van der Waals surface area contributed by atoms with Gasteiger partial charge in [-0.1, -0.05) is 30.3 Å². The maximum Gasteiger partial charge on any atom is 0.316 e. The van der Waals surface area contributed by atoms with E-state index in [2.05, 4.69) is 39.1 Å². The number of ether oxygens (including phenoxy) is 2. The molecule has 2 aliphatic rings. The Labute approximate surface area is 153 Å². The monoisotopic (exact) mass is 355 g/mol. The average molecular weight is 355 g/mol. The third-order valence-corrected chi connectivity index (χ3v) is 5.35. The molecular formula is C20H25N3O3. The smallest absolute Gasteiger partial charge is 0.316 e. The molecule has 3 heterocycles. The lowest BCUT2D eigenvalue weighted by molar-refractivity contribution is -0.149. The molecule has 2 saturated heterocycles. The van der Waals surface area contributed by atoms with E-state index in [4.69, 9.17) is 9.47 Å². The first-order valence-corrected chi connectivity index (χ1v) is 9.23. The zero-order valence-electron chi connectivity index (χ0n) is 15.0. The lowest BCUT2D eigenvalue weighted by Crippen LogP contribution is -2.60. The number of aliphatic hydroxyl groups is 1. The van der Waals surface area contributed by atoms with E-state index in [1.165, 1.54) is 5.56 Å². The number of hydrogen-bond donors (Lipinski definition) is 1. The van der Waals surface area contributed by atoms with Crippen molar-refractivity contribution in [1.29, 1.82) is 0 Å². The molecule has 2 aliphatic heterocycles. The molecule has 2 atom stereocenters. The molecule has 0 aliphatic carbocycles. The second-order valence-electron chi connectivity index (χ2n) is 7.13. The Hall–Kier alpha value is -2.02. The van der Waals surface area contributed by atoms with E-state index >= 15 is 0 Å². The minimum atomic E-state index is -0.920. The highest BCUT2D eigenvalue weighted by molar-refractivity contribution is 5.21. The fourth-order valence-electron chi connectivity index (χ4n) is 4.09. The van der Waals surface area contributed by atoms with Crippen LogP contribution in [0.25, 0.3) is 0 Å². The van der Waals surface area contributed by atoms with Gasteiger partial charge in [-0.2, -0.15) is 0 Å². The van der Waals surface area contributed by atoms with Crippen LogP contribution in [0.1, 0.15) is 30.9 Å². The van der Waals surface area contributed by atoms with Crippen LogP contribution in [0.4, 0.5) is 0 Å². The van der Waals surface area contributed by atoms with E-state index in [0.29, 0.717) is 38.7 Å². The fraction of sp³-hybridized carbons (Fsp3) is 0.500. The van der Waals surface area contributed by atoms with Crippen molar-refractivity contribution in [2.75, 3.05) is 19.8 Å². The molecule has 6 nitrogen and oxygen atoms in total. The lowest BCUT2D eigenvalue weighted by Gasteiger charge is -2.51. The topological polar surface area (TPSA) is 67.7 Å². The Morgan fingerprint density at radius 1 is 1.15 bits per heavy atom. The average Bonchev–Trinajstić information content (AvgIpc) is 2.64. The molecule has 4 rings (SSSR count). The van der Waals surface area contributed by atoms with Crippen molar-refractivity contribution in [2.24, 2.45) is 0 Å². The highest BCUT2D eigenvalue weighted by Gasteiger charge is 2.47. The summed E-state index contributed by atoms with van der Waals surface area (Å²) < 4.78 is 11.1. The molecule has 0 saturated carbocycles. The van der Waals surface area contributed by atoms with Crippen LogP contribution in [0.5, 0.6) is 6.01 Å². The number of fused-ring (bicyclic) bond motifs is 2. The van der Waals surface area contributed by atoms with Gasteiger partial charge in [0.1, 0.15) is 0 Å². The Bertz CT molecular complexity index is 709. The van der Waals surface area contributed by atoms with Crippen LogP contribution in [0, 0.1) is 0 Å². The van der Waals surface area contributed by atoms with Gasteiger partial charge in [-0.25, -0.2) is 9.97 Å². The molecule has 2 bridgehead atoms. The second-order valence-corrected chi connectivity index (χ2v) is 7.13. The van der Waals surface area contributed by atoms with Gasteiger partial charge in [0.25, 0.3) is 0 Å². The van der Waals surface area contributed by atoms with Crippen molar-refractivity contribution >= 4 is 0 Å². The molecule has 26 heavy (non-hydrogen) atoms. The van der Waals surface area contributed by atoms with Gasteiger partial charge in [0.15, 0.2) is 0 Å². The normalized spacial score (nSPS) is 28.7. The van der Waals surface area contributed by atoms with Gasteiger partial charge < -0.3 is 14.6 Å². The Morgan fingerprint density at radius 2 is 1.81 bits per heavy atom. The van der Waals surface area contributed by atoms with E-state index in [0.717, 1.165) is 12.1 Å². The van der Waals surface area contributed by atoms with Crippen LogP contribution in [-0.2, 0) is 16.9 Å². The largest absolute Gasteiger partial charge is 0.464 e. The quantitative estimate of drug-likeness (QED) is 0.886. The van der Waals surface area contributed by atoms with Crippen molar-refractivity contribution in [3.63, 3.8) is 0 Å². The van der Waals surface area contributed by atoms with Gasteiger partial charge in [0.2, 0.25) is 0 Å². The highest BCUT2D eigenvalue weighted by Crippen LogP contribution is 2.41. The number of nitrogens with zero attached hydrogens (tertiary/aromatic N) is 3. The van der Waals surface area contributed by atoms with Crippen LogP contribution in [0.2, 0.25) is 0 Å². The van der Waals surface area contributed by atoms with Gasteiger partial charge in [-0.05, 0) is 25.3 Å². The zero-order chi connectivity index (χ0) is 18.0. The summed E-state index contributed by atoms with van der Waals surface area (Å²) >= 11 is 0. The third-order valence-electron chi connectivity index (χ3n) is 5.35. The minimum absolute atomic E-state index is 0.180. The molecule has 1 aromatic heterocycles. The highest BCUT2D eigenvalue weighted by atomic mass is 16.5. The van der Waals surface area contributed by atoms with Gasteiger partial charge in [-0.3, -0.25) is 4.90 Å². The van der Waals surface area contributed by atoms with E-state index in [1.54, 1.807) is 12.4 Å². The molecule has 138 valence electrons. The molecule has 1 N–H and O–H groups in total. The molecule has 2 aromatic rings. The minimum Gasteiger partial charge on any atom is -0.464 e. The Kier molecular flexibility index (Phi) is 4.89. The number of rotatable bonds is 5. The first kappa shape index (κ1) is 17.4. The first-order chi connectivity index (χ1) is 12.7. The van der Waals surface area contributed by atoms with E-state index in [9.17, 15) is 5.11 Å². The number of hydrogen-bond acceptors (Lipinski definition) is 6. The van der Waals surface area contributed by atoms with E-state index in [-0.39, 0.29) is 12.1 Å². The van der Waals surface area contributed by atoms with Crippen LogP contribution >= 0.6 is 0 Å². The molecule has 6 heteroatoms. The van der Waals surface area contributed by atoms with Gasteiger partial charge in [0.05, 0.1) is 25.4 Å². The maximum absolute atomic E-state index is 11.4. The van der Waals surface area contributed by atoms with Crippen molar-refractivity contribution in [2.45, 2.75) is 44.0 Å². The third kappa shape index (κ3) is 3.45. The summed E-state index contributed by atoms with van der Waals surface area (Å²) in [5.74, 6) is 0. The maximum atomic E-state index is 11.4. The zero-order valence-corrected chi connectivity index (χ0v) is 15.0. The summed E-state index contributed by atoms with van der Waals surface area (Å²) in [5, 5.41) is 11.4. The molecule has 2 unspecified atom stereocenters. The van der Waals surface area contributed by atoms with Crippen molar-refractivity contribution < 1.29 is 14.6 Å². The molecule has 0 amide bonds. The molecular weight excluding hydrogens is 330 g/mol. The van der Waals surface area contributed by atoms with Gasteiger partial charge >= 0.3 is 6.01 Å². The van der Waals surface area contributed by atoms with Crippen LogP contribution in [0.15, 0.2) is 42.7 Å². The van der Waals surface area contributed by atoms with Gasteiger partial charge in [0, 0.05) is 36.6 Å². The second kappa shape index (κ2) is 7.31. The fourth-order valence-corrected chi connectivity index (χ4v) is 4.09. The summed E-state index contributed by atoms with van der Waals surface area (Å²) in [6.45, 7) is 4.59. The molecule has 1 aromatic carbocycles. The summed E-state index contributed by atoms with van der Waals surface area (Å²) in [5.41, 5.74) is 1.13.